The lowest BCUT2D eigenvalue weighted by atomic mass is 9.75. The van der Waals surface area contributed by atoms with E-state index >= 15 is 0 Å². The summed E-state index contributed by atoms with van der Waals surface area (Å²) in [6, 6.07) is 7.27. The van der Waals surface area contributed by atoms with Crippen molar-refractivity contribution in [3.05, 3.63) is 57.8 Å². The van der Waals surface area contributed by atoms with Gasteiger partial charge in [0, 0.05) is 12.7 Å². The molecule has 11 nitrogen and oxygen atoms in total. The molecule has 4 aromatic rings. The van der Waals surface area contributed by atoms with Gasteiger partial charge in [-0.3, -0.25) is 19.2 Å². The first kappa shape index (κ1) is 30.2. The second-order valence-electron chi connectivity index (χ2n) is 10.9. The molecule has 232 valence electrons. The molecular formula is C30H27F3N8O3S. The monoisotopic (exact) mass is 636 g/mol. The number of anilines is 2. The van der Waals surface area contributed by atoms with E-state index in [9.17, 15) is 28.0 Å². The number of aromatic amines is 1. The molecule has 0 unspecified atom stereocenters. The SMILES string of the molecule is CCCc1nn(C)c2c(=O)[nH]c(-c3cc(N4C(=S)N(c5cnc(C#N)c(C(F)(F)F)c5)C(=O)C45CCC5)ccc3OCC)nc12. The third-order valence-electron chi connectivity index (χ3n) is 8.16. The molecule has 0 bridgehead atoms. The highest BCUT2D eigenvalue weighted by Gasteiger charge is 2.60. The molecule has 2 fully saturated rings. The van der Waals surface area contributed by atoms with Crippen LogP contribution < -0.4 is 20.1 Å². The molecule has 1 amide bonds. The van der Waals surface area contributed by atoms with Gasteiger partial charge in [0.1, 0.15) is 28.7 Å². The number of hydrogen-bond acceptors (Lipinski definition) is 8. The number of benzene rings is 1. The van der Waals surface area contributed by atoms with Gasteiger partial charge in [0.2, 0.25) is 0 Å². The molecule has 4 heterocycles. The Morgan fingerprint density at radius 2 is 1.93 bits per heavy atom. The minimum Gasteiger partial charge on any atom is -0.493 e. The molecular weight excluding hydrogens is 609 g/mol. The number of aromatic nitrogens is 5. The van der Waals surface area contributed by atoms with Gasteiger partial charge in [-0.25, -0.2) is 9.97 Å². The average molecular weight is 637 g/mol. The quantitative estimate of drug-likeness (QED) is 0.278. The predicted octanol–water partition coefficient (Wildman–Crippen LogP) is 5.02. The Kier molecular flexibility index (Phi) is 7.35. The van der Waals surface area contributed by atoms with Crippen molar-refractivity contribution in [1.82, 2.24) is 24.7 Å². The van der Waals surface area contributed by atoms with Crippen LogP contribution >= 0.6 is 12.2 Å². The summed E-state index contributed by atoms with van der Waals surface area (Å²) < 4.78 is 48.7. The summed E-state index contributed by atoms with van der Waals surface area (Å²) in [4.78, 5) is 41.2. The number of carbonyl (C=O) groups is 1. The number of alkyl halides is 3. The first-order valence-corrected chi connectivity index (χ1v) is 14.7. The van der Waals surface area contributed by atoms with Gasteiger partial charge in [0.05, 0.1) is 35.3 Å². The van der Waals surface area contributed by atoms with Gasteiger partial charge >= 0.3 is 6.18 Å². The van der Waals surface area contributed by atoms with E-state index in [1.165, 1.54) is 10.8 Å². The highest BCUT2D eigenvalue weighted by Crippen LogP contribution is 2.49. The third kappa shape index (κ3) is 4.71. The number of hydrogen-bond donors (Lipinski definition) is 1. The zero-order valence-electron chi connectivity index (χ0n) is 24.5. The van der Waals surface area contributed by atoms with Crippen LogP contribution in [0.25, 0.3) is 22.4 Å². The normalized spacial score (nSPS) is 16.0. The van der Waals surface area contributed by atoms with Crippen LogP contribution in [0.2, 0.25) is 0 Å². The molecule has 6 rings (SSSR count). The lowest BCUT2D eigenvalue weighted by molar-refractivity contribution is -0.138. The fraction of sp³-hybridized carbons (Fsp3) is 0.367. The molecule has 45 heavy (non-hydrogen) atoms. The highest BCUT2D eigenvalue weighted by atomic mass is 32.1. The maximum atomic E-state index is 14.0. The lowest BCUT2D eigenvalue weighted by Gasteiger charge is -2.43. The van der Waals surface area contributed by atoms with Crippen molar-refractivity contribution >= 4 is 45.6 Å². The Balaban J connectivity index is 1.49. The molecule has 1 aliphatic carbocycles. The summed E-state index contributed by atoms with van der Waals surface area (Å²) in [5.74, 6) is 0.165. The molecule has 1 saturated heterocycles. The smallest absolute Gasteiger partial charge is 0.419 e. The lowest BCUT2D eigenvalue weighted by Crippen LogP contribution is -2.55. The Hall–Kier alpha value is -4.84. The van der Waals surface area contributed by atoms with Gasteiger partial charge in [-0.15, -0.1) is 0 Å². The van der Waals surface area contributed by atoms with Crippen LogP contribution in [0, 0.1) is 11.3 Å². The van der Waals surface area contributed by atoms with E-state index in [0.29, 0.717) is 66.0 Å². The fourth-order valence-corrected chi connectivity index (χ4v) is 6.46. The standard InChI is InChI=1S/C30H27F3N8O3S/c1-4-7-20-23-24(39(3)38-20)26(42)37-25(36-23)18-12-16(8-9-22(18)44-5-2)41-28(45)40(27(43)29(41)10-6-11-29)17-13-19(30(31,32)33)21(14-34)35-15-17/h8-9,12-13,15H,4-7,10-11H2,1-3H3,(H,36,37,42). The van der Waals surface area contributed by atoms with E-state index in [4.69, 9.17) is 21.9 Å². The Labute approximate surface area is 260 Å². The molecule has 0 atom stereocenters. The first-order valence-electron chi connectivity index (χ1n) is 14.3. The zero-order chi connectivity index (χ0) is 32.3. The van der Waals surface area contributed by atoms with Crippen LogP contribution in [-0.2, 0) is 24.4 Å². The summed E-state index contributed by atoms with van der Waals surface area (Å²) in [7, 11) is 1.68. The van der Waals surface area contributed by atoms with Crippen molar-refractivity contribution in [2.45, 2.75) is 57.7 Å². The number of nitrogens with one attached hydrogen (secondary N) is 1. The first-order chi connectivity index (χ1) is 21.4. The van der Waals surface area contributed by atoms with Gasteiger partial charge in [0.25, 0.3) is 11.5 Å². The zero-order valence-corrected chi connectivity index (χ0v) is 25.3. The van der Waals surface area contributed by atoms with Crippen molar-refractivity contribution in [2.24, 2.45) is 7.05 Å². The van der Waals surface area contributed by atoms with Crippen molar-refractivity contribution in [3.8, 4) is 23.2 Å². The maximum Gasteiger partial charge on any atom is 0.419 e. The predicted molar refractivity (Wildman–Crippen MR) is 163 cm³/mol. The molecule has 1 aliphatic heterocycles. The van der Waals surface area contributed by atoms with Crippen molar-refractivity contribution in [3.63, 3.8) is 0 Å². The van der Waals surface area contributed by atoms with Gasteiger partial charge in [0.15, 0.2) is 16.3 Å². The van der Waals surface area contributed by atoms with Gasteiger partial charge in [-0.1, -0.05) is 13.3 Å². The van der Waals surface area contributed by atoms with Crippen molar-refractivity contribution in [2.75, 3.05) is 16.4 Å². The number of pyridine rings is 1. The minimum absolute atomic E-state index is 0.0381. The number of nitriles is 1. The molecule has 3 aromatic heterocycles. The second-order valence-corrected chi connectivity index (χ2v) is 11.3. The second kappa shape index (κ2) is 11.0. The van der Waals surface area contributed by atoms with Gasteiger partial charge < -0.3 is 14.6 Å². The van der Waals surface area contributed by atoms with E-state index in [-0.39, 0.29) is 22.2 Å². The summed E-state index contributed by atoms with van der Waals surface area (Å²) in [6.45, 7) is 4.13. The van der Waals surface area contributed by atoms with Crippen LogP contribution in [0.5, 0.6) is 5.75 Å². The maximum absolute atomic E-state index is 14.0. The summed E-state index contributed by atoms with van der Waals surface area (Å²) in [5, 5.41) is 13.6. The van der Waals surface area contributed by atoms with Crippen LogP contribution in [-0.4, -0.2) is 47.9 Å². The number of amides is 1. The number of carbonyl (C=O) groups excluding carboxylic acids is 1. The van der Waals surface area contributed by atoms with E-state index < -0.39 is 28.9 Å². The number of aryl methyl sites for hydroxylation is 2. The third-order valence-corrected chi connectivity index (χ3v) is 8.53. The number of ether oxygens (including phenoxy) is 1. The number of rotatable bonds is 7. The largest absolute Gasteiger partial charge is 0.493 e. The van der Waals surface area contributed by atoms with E-state index in [2.05, 4.69) is 15.1 Å². The number of fused-ring (bicyclic) bond motifs is 1. The fourth-order valence-electron chi connectivity index (χ4n) is 5.99. The van der Waals surface area contributed by atoms with Crippen LogP contribution in [0.3, 0.4) is 0 Å². The Morgan fingerprint density at radius 3 is 2.56 bits per heavy atom. The number of H-pyrrole nitrogens is 1. The summed E-state index contributed by atoms with van der Waals surface area (Å²) in [5.41, 5.74) is -1.38. The highest BCUT2D eigenvalue weighted by molar-refractivity contribution is 7.81. The minimum atomic E-state index is -4.87. The molecule has 1 aromatic carbocycles. The molecule has 1 spiro atoms. The number of nitrogens with zero attached hydrogens (tertiary/aromatic N) is 7. The van der Waals surface area contributed by atoms with Crippen molar-refractivity contribution in [1.29, 1.82) is 5.26 Å². The van der Waals surface area contributed by atoms with Crippen LogP contribution in [0.15, 0.2) is 35.3 Å². The summed E-state index contributed by atoms with van der Waals surface area (Å²) >= 11 is 5.77. The van der Waals surface area contributed by atoms with Crippen LogP contribution in [0.1, 0.15) is 56.5 Å². The Bertz CT molecular complexity index is 1980. The topological polar surface area (TPSA) is 133 Å². The van der Waals surface area contributed by atoms with Crippen molar-refractivity contribution < 1.29 is 22.7 Å². The number of thiocarbonyl (C=S) groups is 1. The molecule has 15 heteroatoms. The van der Waals surface area contributed by atoms with Crippen LogP contribution in [0.4, 0.5) is 24.5 Å². The number of halogens is 3. The molecule has 0 radical (unpaired) electrons. The van der Waals surface area contributed by atoms with E-state index in [1.54, 1.807) is 30.1 Å². The molecule has 1 saturated carbocycles. The summed E-state index contributed by atoms with van der Waals surface area (Å²) in [6.07, 6.45) is -0.872. The molecule has 1 N–H and O–H groups in total. The van der Waals surface area contributed by atoms with E-state index in [1.807, 2.05) is 13.8 Å². The van der Waals surface area contributed by atoms with E-state index in [0.717, 1.165) is 23.6 Å². The van der Waals surface area contributed by atoms with Gasteiger partial charge in [-0.05, 0) is 69.1 Å². The average Bonchev–Trinajstić information content (AvgIpc) is 3.42. The van der Waals surface area contributed by atoms with Gasteiger partial charge in [-0.2, -0.15) is 23.5 Å². The Morgan fingerprint density at radius 1 is 1.18 bits per heavy atom. The molecule has 2 aliphatic rings.